The van der Waals surface area contributed by atoms with Crippen LogP contribution >= 0.6 is 11.6 Å². The number of rotatable bonds is 8. The van der Waals surface area contributed by atoms with Gasteiger partial charge in [0.05, 0.1) is 36.8 Å². The molecule has 0 saturated carbocycles. The second-order valence-corrected chi connectivity index (χ2v) is 9.29. The summed E-state index contributed by atoms with van der Waals surface area (Å²) in [6, 6.07) is 15.9. The first-order valence-electron chi connectivity index (χ1n) is 12.0. The Morgan fingerprint density at radius 1 is 1.10 bits per heavy atom. The molecular formula is C27H24ClF3N6O2. The fraction of sp³-hybridized carbons (Fsp3) is 0.222. The monoisotopic (exact) mass is 556 g/mol. The highest BCUT2D eigenvalue weighted by atomic mass is 35.5. The number of hydrogen-bond acceptors (Lipinski definition) is 8. The highest BCUT2D eigenvalue weighted by molar-refractivity contribution is 6.30. The van der Waals surface area contributed by atoms with Crippen molar-refractivity contribution < 1.29 is 22.7 Å². The minimum absolute atomic E-state index is 0.0614. The van der Waals surface area contributed by atoms with E-state index in [0.29, 0.717) is 34.4 Å². The maximum Gasteiger partial charge on any atom is 0.416 e. The number of ether oxygens (including phenoxy) is 1. The Hall–Kier alpha value is -4.09. The fourth-order valence-corrected chi connectivity index (χ4v) is 4.09. The molecule has 0 saturated heterocycles. The smallest absolute Gasteiger partial charge is 0.416 e. The molecule has 5 rings (SSSR count). The van der Waals surface area contributed by atoms with Gasteiger partial charge in [-0.25, -0.2) is 4.84 Å². The third-order valence-electron chi connectivity index (χ3n) is 5.87. The van der Waals surface area contributed by atoms with Crippen LogP contribution in [-0.4, -0.2) is 46.6 Å². The number of allylic oxidation sites excluding steroid dienone is 1. The van der Waals surface area contributed by atoms with Gasteiger partial charge in [-0.2, -0.15) is 23.4 Å². The van der Waals surface area contributed by atoms with Crippen molar-refractivity contribution in [2.75, 3.05) is 13.3 Å². The van der Waals surface area contributed by atoms with Crippen molar-refractivity contribution in [2.24, 2.45) is 10.2 Å². The molecule has 0 aliphatic carbocycles. The quantitative estimate of drug-likeness (QED) is 0.393. The number of pyridine rings is 1. The standard InChI is InChI=1S/C27H24ClF3N6O2/c1-18(39-23-3-2-12-32-14-23)13-33-25-24(20-6-10-22(28)11-7-20)15-34-37-26(25)35-36(17-38-37)16-19-4-8-21(9-5-19)27(29,30)31/h2-12,14-15,18,33H,13,16-17H2,1H3. The van der Waals surface area contributed by atoms with Crippen LogP contribution in [0, 0.1) is 0 Å². The lowest BCUT2D eigenvalue weighted by Crippen LogP contribution is -2.45. The van der Waals surface area contributed by atoms with Gasteiger partial charge in [0.25, 0.3) is 0 Å². The van der Waals surface area contributed by atoms with E-state index in [0.717, 1.165) is 23.3 Å². The van der Waals surface area contributed by atoms with Gasteiger partial charge >= 0.3 is 6.18 Å². The van der Waals surface area contributed by atoms with E-state index in [1.807, 2.05) is 25.1 Å². The highest BCUT2D eigenvalue weighted by Gasteiger charge is 2.31. The topological polar surface area (TPSA) is 74.6 Å². The van der Waals surface area contributed by atoms with Crippen LogP contribution in [-0.2, 0) is 17.6 Å². The van der Waals surface area contributed by atoms with E-state index in [1.165, 1.54) is 17.3 Å². The number of hydroxylamine groups is 1. The molecule has 0 bridgehead atoms. The molecular weight excluding hydrogens is 533 g/mol. The third-order valence-corrected chi connectivity index (χ3v) is 6.12. The van der Waals surface area contributed by atoms with E-state index in [2.05, 4.69) is 15.4 Å². The van der Waals surface area contributed by atoms with E-state index >= 15 is 0 Å². The molecule has 3 aromatic rings. The normalized spacial score (nSPS) is 16.1. The molecule has 2 aromatic carbocycles. The number of aromatic nitrogens is 1. The second kappa shape index (κ2) is 11.3. The summed E-state index contributed by atoms with van der Waals surface area (Å²) in [6.45, 7) is 2.64. The van der Waals surface area contributed by atoms with Gasteiger partial charge in [-0.3, -0.25) is 9.99 Å². The molecule has 202 valence electrons. The lowest BCUT2D eigenvalue weighted by molar-refractivity contribution is -0.161. The van der Waals surface area contributed by atoms with E-state index in [-0.39, 0.29) is 19.4 Å². The number of halogens is 4. The number of alkyl halides is 3. The van der Waals surface area contributed by atoms with E-state index in [1.54, 1.807) is 41.8 Å². The van der Waals surface area contributed by atoms with Crippen molar-refractivity contribution in [3.8, 4) is 5.75 Å². The minimum Gasteiger partial charge on any atom is -0.487 e. The summed E-state index contributed by atoms with van der Waals surface area (Å²) in [5.74, 6) is 1.04. The summed E-state index contributed by atoms with van der Waals surface area (Å²) in [7, 11) is 0. The molecule has 1 N–H and O–H groups in total. The molecule has 1 aromatic heterocycles. The number of amidine groups is 1. The second-order valence-electron chi connectivity index (χ2n) is 8.85. The molecule has 12 heteroatoms. The predicted octanol–water partition coefficient (Wildman–Crippen LogP) is 5.54. The molecule has 0 fully saturated rings. The zero-order chi connectivity index (χ0) is 27.4. The Morgan fingerprint density at radius 3 is 2.56 bits per heavy atom. The van der Waals surface area contributed by atoms with Gasteiger partial charge in [0, 0.05) is 16.8 Å². The van der Waals surface area contributed by atoms with E-state index in [4.69, 9.17) is 26.3 Å². The predicted molar refractivity (Wildman–Crippen MR) is 141 cm³/mol. The zero-order valence-electron chi connectivity index (χ0n) is 20.8. The summed E-state index contributed by atoms with van der Waals surface area (Å²) in [5.41, 5.74) is 2.21. The van der Waals surface area contributed by atoms with Crippen LogP contribution in [0.15, 0.2) is 89.0 Å². The van der Waals surface area contributed by atoms with Crippen molar-refractivity contribution in [3.63, 3.8) is 0 Å². The maximum absolute atomic E-state index is 13.0. The molecule has 1 unspecified atom stereocenters. The van der Waals surface area contributed by atoms with Gasteiger partial charge in [0.1, 0.15) is 11.9 Å². The van der Waals surface area contributed by atoms with Crippen LogP contribution in [0.25, 0.3) is 5.57 Å². The Morgan fingerprint density at radius 2 is 1.87 bits per heavy atom. The molecule has 2 aliphatic heterocycles. The molecule has 8 nitrogen and oxygen atoms in total. The Balaban J connectivity index is 1.40. The number of benzene rings is 2. The van der Waals surface area contributed by atoms with Crippen LogP contribution in [0.2, 0.25) is 5.02 Å². The average molecular weight is 557 g/mol. The van der Waals surface area contributed by atoms with Crippen molar-refractivity contribution in [1.29, 1.82) is 0 Å². The van der Waals surface area contributed by atoms with Gasteiger partial charge in [-0.15, -0.1) is 5.17 Å². The van der Waals surface area contributed by atoms with E-state index in [9.17, 15) is 13.2 Å². The number of hydrazone groups is 2. The zero-order valence-corrected chi connectivity index (χ0v) is 21.5. The number of nitrogens with zero attached hydrogens (tertiary/aromatic N) is 5. The largest absolute Gasteiger partial charge is 0.487 e. The van der Waals surface area contributed by atoms with Crippen LogP contribution in [0.3, 0.4) is 0 Å². The van der Waals surface area contributed by atoms with Crippen molar-refractivity contribution in [2.45, 2.75) is 25.7 Å². The number of nitrogens with one attached hydrogen (secondary N) is 1. The van der Waals surface area contributed by atoms with Gasteiger partial charge in [-0.1, -0.05) is 35.9 Å². The van der Waals surface area contributed by atoms with Gasteiger partial charge in [-0.05, 0) is 54.4 Å². The van der Waals surface area contributed by atoms with Gasteiger partial charge in [0.15, 0.2) is 6.73 Å². The lowest BCUT2D eigenvalue weighted by Gasteiger charge is -2.34. The summed E-state index contributed by atoms with van der Waals surface area (Å²) in [4.78, 5) is 9.87. The average Bonchev–Trinajstić information content (AvgIpc) is 2.92. The number of fused-ring (bicyclic) bond motifs is 1. The summed E-state index contributed by atoms with van der Waals surface area (Å²) in [6.07, 6.45) is 0.362. The summed E-state index contributed by atoms with van der Waals surface area (Å²) in [5, 5.41) is 16.1. The Bertz CT molecular complexity index is 1380. The fourth-order valence-electron chi connectivity index (χ4n) is 3.96. The molecule has 3 heterocycles. The van der Waals surface area contributed by atoms with Crippen LogP contribution in [0.1, 0.15) is 23.6 Å². The maximum atomic E-state index is 13.0. The lowest BCUT2D eigenvalue weighted by atomic mass is 10.0. The van der Waals surface area contributed by atoms with E-state index < -0.39 is 11.7 Å². The van der Waals surface area contributed by atoms with Crippen LogP contribution in [0.4, 0.5) is 13.2 Å². The first-order chi connectivity index (χ1) is 18.8. The summed E-state index contributed by atoms with van der Waals surface area (Å²) >= 11 is 6.10. The van der Waals surface area contributed by atoms with Gasteiger partial charge in [0.2, 0.25) is 5.84 Å². The molecule has 0 amide bonds. The molecule has 39 heavy (non-hydrogen) atoms. The molecule has 2 aliphatic rings. The minimum atomic E-state index is -4.39. The van der Waals surface area contributed by atoms with Crippen molar-refractivity contribution >= 4 is 29.2 Å². The van der Waals surface area contributed by atoms with Gasteiger partial charge < -0.3 is 10.1 Å². The third kappa shape index (κ3) is 6.50. The summed E-state index contributed by atoms with van der Waals surface area (Å²) < 4.78 is 44.8. The highest BCUT2D eigenvalue weighted by Crippen LogP contribution is 2.30. The van der Waals surface area contributed by atoms with Crippen LogP contribution in [0.5, 0.6) is 5.75 Å². The molecule has 1 atom stereocenters. The van der Waals surface area contributed by atoms with Crippen molar-refractivity contribution in [1.82, 2.24) is 20.5 Å². The first-order valence-corrected chi connectivity index (χ1v) is 12.4. The van der Waals surface area contributed by atoms with Crippen LogP contribution < -0.4 is 10.1 Å². The first kappa shape index (κ1) is 26.5. The molecule has 0 spiro atoms. The SMILES string of the molecule is CC(CNC1=C(c2ccc(Cl)cc2)C=NN2OCN(Cc3ccc(C(F)(F)F)cc3)N=C12)Oc1cccnc1. The van der Waals surface area contributed by atoms with Crippen molar-refractivity contribution in [3.05, 3.63) is 100 Å². The molecule has 0 radical (unpaired) electrons. The Kier molecular flexibility index (Phi) is 7.71. The Labute approximate surface area is 227 Å². The number of hydrogen-bond donors (Lipinski definition) is 1.